The van der Waals surface area contributed by atoms with Crippen molar-refractivity contribution in [3.63, 3.8) is 0 Å². The maximum Gasteiger partial charge on any atom is 0.262 e. The third-order valence-corrected chi connectivity index (χ3v) is 4.25. The SMILES string of the molecule is CCCCNC(=O)/C(C#N)=C/c1csc(-c2ccc(Cl)cc2)n1. The molecule has 6 heteroatoms. The molecule has 1 heterocycles. The molecule has 0 aliphatic heterocycles. The maximum absolute atomic E-state index is 11.9. The summed E-state index contributed by atoms with van der Waals surface area (Å²) in [6.45, 7) is 2.61. The molecule has 2 rings (SSSR count). The van der Waals surface area contributed by atoms with Gasteiger partial charge in [-0.25, -0.2) is 4.98 Å². The lowest BCUT2D eigenvalue weighted by Crippen LogP contribution is -2.25. The second kappa shape index (κ2) is 8.47. The Morgan fingerprint density at radius 1 is 1.43 bits per heavy atom. The average molecular weight is 346 g/mol. The van der Waals surface area contributed by atoms with E-state index in [0.29, 0.717) is 17.3 Å². The Labute approximate surface area is 144 Å². The van der Waals surface area contributed by atoms with Crippen molar-refractivity contribution in [3.05, 3.63) is 45.9 Å². The number of unbranched alkanes of at least 4 members (excludes halogenated alkanes) is 1. The zero-order valence-corrected chi connectivity index (χ0v) is 14.2. The number of hydrogen-bond acceptors (Lipinski definition) is 4. The standard InChI is InChI=1S/C17H16ClN3OS/c1-2-3-8-20-16(22)13(10-19)9-15-11-23-17(21-15)12-4-6-14(18)7-5-12/h4-7,9,11H,2-3,8H2,1H3,(H,20,22)/b13-9+. The summed E-state index contributed by atoms with van der Waals surface area (Å²) in [4.78, 5) is 16.4. The van der Waals surface area contributed by atoms with Gasteiger partial charge in [0.25, 0.3) is 5.91 Å². The van der Waals surface area contributed by atoms with Crippen LogP contribution in [0.15, 0.2) is 35.2 Å². The molecule has 0 saturated heterocycles. The van der Waals surface area contributed by atoms with Crippen molar-refractivity contribution in [1.29, 1.82) is 5.26 Å². The first-order valence-electron chi connectivity index (χ1n) is 7.25. The summed E-state index contributed by atoms with van der Waals surface area (Å²) in [5.74, 6) is -0.359. The van der Waals surface area contributed by atoms with Gasteiger partial charge in [0.1, 0.15) is 16.6 Å². The Morgan fingerprint density at radius 3 is 2.83 bits per heavy atom. The van der Waals surface area contributed by atoms with Crippen LogP contribution >= 0.6 is 22.9 Å². The highest BCUT2D eigenvalue weighted by Gasteiger charge is 2.10. The molecule has 0 spiro atoms. The predicted octanol–water partition coefficient (Wildman–Crippen LogP) is 4.29. The first-order chi connectivity index (χ1) is 11.1. The number of aromatic nitrogens is 1. The Balaban J connectivity index is 2.13. The zero-order chi connectivity index (χ0) is 16.7. The van der Waals surface area contributed by atoms with Crippen LogP contribution in [-0.2, 0) is 4.79 Å². The van der Waals surface area contributed by atoms with Gasteiger partial charge in [-0.1, -0.05) is 37.1 Å². The number of carbonyl (C=O) groups excluding carboxylic acids is 1. The van der Waals surface area contributed by atoms with E-state index in [1.807, 2.05) is 30.5 Å². The minimum atomic E-state index is -0.359. The van der Waals surface area contributed by atoms with Gasteiger partial charge in [-0.3, -0.25) is 4.79 Å². The van der Waals surface area contributed by atoms with Crippen LogP contribution in [0.5, 0.6) is 0 Å². The molecule has 0 unspecified atom stereocenters. The maximum atomic E-state index is 11.9. The zero-order valence-electron chi connectivity index (χ0n) is 12.7. The minimum absolute atomic E-state index is 0.0639. The second-order valence-corrected chi connectivity index (χ2v) is 6.16. The van der Waals surface area contributed by atoms with Gasteiger partial charge in [-0.15, -0.1) is 11.3 Å². The van der Waals surface area contributed by atoms with E-state index in [4.69, 9.17) is 16.9 Å². The molecule has 0 aliphatic rings. The van der Waals surface area contributed by atoms with E-state index in [2.05, 4.69) is 10.3 Å². The topological polar surface area (TPSA) is 65.8 Å². The largest absolute Gasteiger partial charge is 0.351 e. The molecule has 1 amide bonds. The molecule has 4 nitrogen and oxygen atoms in total. The van der Waals surface area contributed by atoms with Gasteiger partial charge in [0.05, 0.1) is 5.69 Å². The van der Waals surface area contributed by atoms with Gasteiger partial charge in [-0.05, 0) is 24.6 Å². The van der Waals surface area contributed by atoms with Gasteiger partial charge in [0.15, 0.2) is 0 Å². The lowest BCUT2D eigenvalue weighted by molar-refractivity contribution is -0.117. The van der Waals surface area contributed by atoms with Crippen LogP contribution in [0.25, 0.3) is 16.6 Å². The number of benzene rings is 1. The van der Waals surface area contributed by atoms with E-state index < -0.39 is 0 Å². The van der Waals surface area contributed by atoms with Gasteiger partial charge in [0.2, 0.25) is 0 Å². The monoisotopic (exact) mass is 345 g/mol. The van der Waals surface area contributed by atoms with Crippen molar-refractivity contribution < 1.29 is 4.79 Å². The van der Waals surface area contributed by atoms with Crippen LogP contribution in [0.4, 0.5) is 0 Å². The molecule has 1 aromatic carbocycles. The van der Waals surface area contributed by atoms with Crippen molar-refractivity contribution in [1.82, 2.24) is 10.3 Å². The molecule has 1 N–H and O–H groups in total. The lowest BCUT2D eigenvalue weighted by atomic mass is 10.2. The Morgan fingerprint density at radius 2 is 2.17 bits per heavy atom. The van der Waals surface area contributed by atoms with Gasteiger partial charge in [-0.2, -0.15) is 5.26 Å². The van der Waals surface area contributed by atoms with Crippen molar-refractivity contribution >= 4 is 34.9 Å². The molecule has 0 atom stereocenters. The molecular formula is C17H16ClN3OS. The van der Waals surface area contributed by atoms with E-state index in [1.165, 1.54) is 17.4 Å². The molecule has 2 aromatic rings. The number of nitrogens with one attached hydrogen (secondary N) is 1. The molecule has 0 aliphatic carbocycles. The van der Waals surface area contributed by atoms with Crippen molar-refractivity contribution in [2.24, 2.45) is 0 Å². The molecule has 1 aromatic heterocycles. The molecule has 0 saturated carbocycles. The van der Waals surface area contributed by atoms with Crippen LogP contribution in [0.3, 0.4) is 0 Å². The number of nitrogens with zero attached hydrogens (tertiary/aromatic N) is 2. The fourth-order valence-corrected chi connectivity index (χ4v) is 2.76. The summed E-state index contributed by atoms with van der Waals surface area (Å²) < 4.78 is 0. The smallest absolute Gasteiger partial charge is 0.262 e. The summed E-state index contributed by atoms with van der Waals surface area (Å²) >= 11 is 7.33. The molecule has 23 heavy (non-hydrogen) atoms. The Kier molecular flexibility index (Phi) is 6.33. The van der Waals surface area contributed by atoms with Crippen molar-refractivity contribution in [2.75, 3.05) is 6.54 Å². The first-order valence-corrected chi connectivity index (χ1v) is 8.51. The van der Waals surface area contributed by atoms with Gasteiger partial charge in [0, 0.05) is 22.5 Å². The number of amides is 1. The quantitative estimate of drug-likeness (QED) is 0.482. The van der Waals surface area contributed by atoms with Crippen molar-refractivity contribution in [3.8, 4) is 16.6 Å². The average Bonchev–Trinajstić information content (AvgIpc) is 3.02. The van der Waals surface area contributed by atoms with Gasteiger partial charge >= 0.3 is 0 Å². The number of nitriles is 1. The molecule has 118 valence electrons. The van der Waals surface area contributed by atoms with Crippen LogP contribution in [0, 0.1) is 11.3 Å². The third kappa shape index (κ3) is 4.92. The second-order valence-electron chi connectivity index (χ2n) is 4.86. The van der Waals surface area contributed by atoms with Crippen LogP contribution in [-0.4, -0.2) is 17.4 Å². The fourth-order valence-electron chi connectivity index (χ4n) is 1.85. The highest BCUT2D eigenvalue weighted by Crippen LogP contribution is 2.25. The van der Waals surface area contributed by atoms with E-state index in [1.54, 1.807) is 12.1 Å². The number of thiazole rings is 1. The summed E-state index contributed by atoms with van der Waals surface area (Å²) in [6.07, 6.45) is 3.39. The molecule has 0 fully saturated rings. The molecular weight excluding hydrogens is 330 g/mol. The fraction of sp³-hybridized carbons (Fsp3) is 0.235. The summed E-state index contributed by atoms with van der Waals surface area (Å²) in [7, 11) is 0. The van der Waals surface area contributed by atoms with E-state index in [-0.39, 0.29) is 11.5 Å². The lowest BCUT2D eigenvalue weighted by Gasteiger charge is -2.01. The normalized spacial score (nSPS) is 11.1. The Bertz CT molecular complexity index is 744. The van der Waals surface area contributed by atoms with E-state index >= 15 is 0 Å². The van der Waals surface area contributed by atoms with Crippen LogP contribution in [0.2, 0.25) is 5.02 Å². The number of halogens is 1. The highest BCUT2D eigenvalue weighted by atomic mass is 35.5. The van der Waals surface area contributed by atoms with Crippen LogP contribution in [0.1, 0.15) is 25.5 Å². The van der Waals surface area contributed by atoms with Crippen LogP contribution < -0.4 is 5.32 Å². The number of rotatable bonds is 6. The summed E-state index contributed by atoms with van der Waals surface area (Å²) in [6, 6.07) is 9.30. The first kappa shape index (κ1) is 17.2. The summed E-state index contributed by atoms with van der Waals surface area (Å²) in [5, 5.41) is 15.2. The van der Waals surface area contributed by atoms with Crippen molar-refractivity contribution in [2.45, 2.75) is 19.8 Å². The number of hydrogen-bond donors (Lipinski definition) is 1. The van der Waals surface area contributed by atoms with E-state index in [9.17, 15) is 4.79 Å². The summed E-state index contributed by atoms with van der Waals surface area (Å²) in [5.41, 5.74) is 1.61. The third-order valence-electron chi connectivity index (χ3n) is 3.09. The molecule has 0 bridgehead atoms. The predicted molar refractivity (Wildman–Crippen MR) is 94.1 cm³/mol. The Hall–Kier alpha value is -2.16. The van der Waals surface area contributed by atoms with E-state index in [0.717, 1.165) is 23.4 Å². The minimum Gasteiger partial charge on any atom is -0.351 e. The highest BCUT2D eigenvalue weighted by molar-refractivity contribution is 7.13. The number of carbonyl (C=O) groups is 1. The molecule has 0 radical (unpaired) electrons. The van der Waals surface area contributed by atoms with Gasteiger partial charge < -0.3 is 5.32 Å².